The third-order valence-electron chi connectivity index (χ3n) is 3.41. The molecule has 6 nitrogen and oxygen atoms in total. The molecule has 1 N–H and O–H groups in total. The lowest BCUT2D eigenvalue weighted by molar-refractivity contribution is -0.384. The number of aliphatic hydroxyl groups excluding tert-OH is 1. The summed E-state index contributed by atoms with van der Waals surface area (Å²) in [7, 11) is 0. The van der Waals surface area contributed by atoms with Crippen molar-refractivity contribution in [3.63, 3.8) is 0 Å². The lowest BCUT2D eigenvalue weighted by Gasteiger charge is -2.32. The highest BCUT2D eigenvalue weighted by Gasteiger charge is 2.25. The van der Waals surface area contributed by atoms with Crippen molar-refractivity contribution in [3.05, 3.63) is 39.9 Å². The van der Waals surface area contributed by atoms with Crippen molar-refractivity contribution in [2.24, 2.45) is 0 Å². The Morgan fingerprint density at radius 3 is 2.42 bits per heavy atom. The van der Waals surface area contributed by atoms with Crippen molar-refractivity contribution in [3.8, 4) is 6.07 Å². The summed E-state index contributed by atoms with van der Waals surface area (Å²) in [6.45, 7) is 1.33. The van der Waals surface area contributed by atoms with Gasteiger partial charge in [-0.1, -0.05) is 0 Å². The molecule has 1 unspecified atom stereocenters. The Hall–Kier alpha value is -1.97. The molecule has 1 saturated heterocycles. The predicted molar refractivity (Wildman–Crippen MR) is 68.3 cm³/mol. The van der Waals surface area contributed by atoms with Gasteiger partial charge >= 0.3 is 0 Å². The number of rotatable bonds is 3. The Bertz CT molecular complexity index is 487. The molecule has 100 valence electrons. The molecule has 6 heteroatoms. The maximum absolute atomic E-state index is 10.6. The van der Waals surface area contributed by atoms with Crippen LogP contribution >= 0.6 is 0 Å². The van der Waals surface area contributed by atoms with Crippen molar-refractivity contribution in [2.45, 2.75) is 25.0 Å². The van der Waals surface area contributed by atoms with Crippen LogP contribution in [-0.4, -0.2) is 34.1 Å². The van der Waals surface area contributed by atoms with Crippen LogP contribution in [0.4, 0.5) is 5.69 Å². The molecule has 1 aromatic carbocycles. The van der Waals surface area contributed by atoms with Gasteiger partial charge in [-0.2, -0.15) is 5.26 Å². The molecule has 1 fully saturated rings. The van der Waals surface area contributed by atoms with E-state index in [-0.39, 0.29) is 11.8 Å². The smallest absolute Gasteiger partial charge is 0.269 e. The van der Waals surface area contributed by atoms with Crippen molar-refractivity contribution >= 4 is 5.69 Å². The van der Waals surface area contributed by atoms with Gasteiger partial charge in [-0.3, -0.25) is 15.0 Å². The number of nitro groups is 1. The Kier molecular flexibility index (Phi) is 4.10. The molecule has 1 atom stereocenters. The van der Waals surface area contributed by atoms with Crippen LogP contribution in [0.1, 0.15) is 24.4 Å². The molecule has 0 spiro atoms. The Labute approximate surface area is 111 Å². The third kappa shape index (κ3) is 3.08. The minimum atomic E-state index is -0.456. The summed E-state index contributed by atoms with van der Waals surface area (Å²) in [5.74, 6) is 0. The molecule has 0 aliphatic carbocycles. The van der Waals surface area contributed by atoms with E-state index in [0.29, 0.717) is 25.9 Å². The first-order chi connectivity index (χ1) is 9.11. The van der Waals surface area contributed by atoms with Gasteiger partial charge in [0.1, 0.15) is 6.04 Å². The van der Waals surface area contributed by atoms with Crippen LogP contribution in [0.25, 0.3) is 0 Å². The topological polar surface area (TPSA) is 90.4 Å². The minimum absolute atomic E-state index is 0.0227. The summed E-state index contributed by atoms with van der Waals surface area (Å²) in [4.78, 5) is 12.1. The van der Waals surface area contributed by atoms with E-state index in [1.807, 2.05) is 4.90 Å². The maximum atomic E-state index is 10.6. The minimum Gasteiger partial charge on any atom is -0.393 e. The highest BCUT2D eigenvalue weighted by molar-refractivity contribution is 5.36. The van der Waals surface area contributed by atoms with Gasteiger partial charge in [-0.15, -0.1) is 0 Å². The number of hydrogen-bond acceptors (Lipinski definition) is 5. The van der Waals surface area contributed by atoms with E-state index in [1.54, 1.807) is 12.1 Å². The van der Waals surface area contributed by atoms with Crippen LogP contribution in [-0.2, 0) is 0 Å². The molecule has 0 aromatic heterocycles. The zero-order chi connectivity index (χ0) is 13.8. The van der Waals surface area contributed by atoms with E-state index < -0.39 is 11.0 Å². The highest BCUT2D eigenvalue weighted by Crippen LogP contribution is 2.25. The third-order valence-corrected chi connectivity index (χ3v) is 3.41. The van der Waals surface area contributed by atoms with Crippen molar-refractivity contribution in [1.29, 1.82) is 5.26 Å². The lowest BCUT2D eigenvalue weighted by Crippen LogP contribution is -2.38. The maximum Gasteiger partial charge on any atom is 0.269 e. The molecule has 1 heterocycles. The van der Waals surface area contributed by atoms with Crippen LogP contribution in [0, 0.1) is 21.4 Å². The number of non-ortho nitro benzene ring substituents is 1. The molecule has 0 radical (unpaired) electrons. The number of benzene rings is 1. The van der Waals surface area contributed by atoms with Crippen LogP contribution in [0.5, 0.6) is 0 Å². The number of piperidine rings is 1. The molecular formula is C13H15N3O3. The zero-order valence-electron chi connectivity index (χ0n) is 10.4. The fourth-order valence-electron chi connectivity index (χ4n) is 2.29. The van der Waals surface area contributed by atoms with Crippen molar-refractivity contribution in [2.75, 3.05) is 13.1 Å². The van der Waals surface area contributed by atoms with E-state index in [9.17, 15) is 20.5 Å². The summed E-state index contributed by atoms with van der Waals surface area (Å²) in [5.41, 5.74) is 0.777. The SMILES string of the molecule is N#CC(c1ccc([N+](=O)[O-])cc1)N1CCC(O)CC1. The number of nitrogens with zero attached hydrogens (tertiary/aromatic N) is 3. The normalized spacial score (nSPS) is 18.7. The second kappa shape index (κ2) is 5.78. The number of nitriles is 1. The van der Waals surface area contributed by atoms with E-state index in [0.717, 1.165) is 5.56 Å². The molecule has 1 aliphatic heterocycles. The van der Waals surface area contributed by atoms with Crippen LogP contribution < -0.4 is 0 Å². The quantitative estimate of drug-likeness (QED) is 0.659. The van der Waals surface area contributed by atoms with Gasteiger partial charge in [0.25, 0.3) is 5.69 Å². The Morgan fingerprint density at radius 1 is 1.37 bits per heavy atom. The summed E-state index contributed by atoms with van der Waals surface area (Å²) in [6, 6.07) is 7.89. The monoisotopic (exact) mass is 261 g/mol. The van der Waals surface area contributed by atoms with Gasteiger partial charge in [-0.05, 0) is 30.5 Å². The standard InChI is InChI=1S/C13H15N3O3/c14-9-13(15-7-5-12(17)6-8-15)10-1-3-11(4-2-10)16(18)19/h1-4,12-13,17H,5-8H2. The first kappa shape index (κ1) is 13.5. The zero-order valence-corrected chi connectivity index (χ0v) is 10.4. The molecule has 19 heavy (non-hydrogen) atoms. The lowest BCUT2D eigenvalue weighted by atomic mass is 10.0. The summed E-state index contributed by atoms with van der Waals surface area (Å²) >= 11 is 0. The number of likely N-dealkylation sites (tertiary alicyclic amines) is 1. The van der Waals surface area contributed by atoms with Crippen LogP contribution in [0.15, 0.2) is 24.3 Å². The first-order valence-electron chi connectivity index (χ1n) is 6.18. The van der Waals surface area contributed by atoms with Crippen molar-refractivity contribution < 1.29 is 10.0 Å². The van der Waals surface area contributed by atoms with E-state index in [4.69, 9.17) is 0 Å². The van der Waals surface area contributed by atoms with Gasteiger partial charge in [0.2, 0.25) is 0 Å². The van der Waals surface area contributed by atoms with Gasteiger partial charge in [0.15, 0.2) is 0 Å². The average molecular weight is 261 g/mol. The number of aliphatic hydroxyl groups is 1. The molecule has 2 rings (SSSR count). The fourth-order valence-corrected chi connectivity index (χ4v) is 2.29. The van der Waals surface area contributed by atoms with Gasteiger partial charge in [0, 0.05) is 25.2 Å². The predicted octanol–water partition coefficient (Wildman–Crippen LogP) is 1.62. The van der Waals surface area contributed by atoms with Gasteiger partial charge in [0.05, 0.1) is 17.1 Å². The Morgan fingerprint density at radius 2 is 1.95 bits per heavy atom. The van der Waals surface area contributed by atoms with Crippen LogP contribution in [0.2, 0.25) is 0 Å². The van der Waals surface area contributed by atoms with E-state index in [2.05, 4.69) is 6.07 Å². The molecule has 0 saturated carbocycles. The molecule has 0 amide bonds. The highest BCUT2D eigenvalue weighted by atomic mass is 16.6. The number of nitro benzene ring substituents is 1. The number of hydrogen-bond donors (Lipinski definition) is 1. The summed E-state index contributed by atoms with van der Waals surface area (Å²) < 4.78 is 0. The van der Waals surface area contributed by atoms with Gasteiger partial charge < -0.3 is 5.11 Å². The van der Waals surface area contributed by atoms with E-state index in [1.165, 1.54) is 12.1 Å². The van der Waals surface area contributed by atoms with Crippen LogP contribution in [0.3, 0.4) is 0 Å². The molecule has 0 bridgehead atoms. The summed E-state index contributed by atoms with van der Waals surface area (Å²) in [5, 5.41) is 29.3. The molecule has 1 aromatic rings. The van der Waals surface area contributed by atoms with Gasteiger partial charge in [-0.25, -0.2) is 0 Å². The average Bonchev–Trinajstić information content (AvgIpc) is 2.42. The molecular weight excluding hydrogens is 246 g/mol. The largest absolute Gasteiger partial charge is 0.393 e. The Balaban J connectivity index is 2.13. The molecule has 1 aliphatic rings. The second-order valence-corrected chi connectivity index (χ2v) is 4.65. The fraction of sp³-hybridized carbons (Fsp3) is 0.462. The van der Waals surface area contributed by atoms with Crippen molar-refractivity contribution in [1.82, 2.24) is 4.90 Å². The summed E-state index contributed by atoms with van der Waals surface area (Å²) in [6.07, 6.45) is 1.03. The van der Waals surface area contributed by atoms with E-state index >= 15 is 0 Å². The second-order valence-electron chi connectivity index (χ2n) is 4.65. The first-order valence-corrected chi connectivity index (χ1v) is 6.18.